The maximum Gasteiger partial charge on any atom is 0.183 e. The lowest BCUT2D eigenvalue weighted by molar-refractivity contribution is 0.700. The van der Waals surface area contributed by atoms with E-state index in [4.69, 9.17) is 9.97 Å². The molecular weight excluding hydrogens is 330 g/mol. The monoisotopic (exact) mass is 351 g/mol. The van der Waals surface area contributed by atoms with Crippen molar-refractivity contribution >= 4 is 27.4 Å². The van der Waals surface area contributed by atoms with Gasteiger partial charge >= 0.3 is 0 Å². The molecule has 3 aromatic rings. The van der Waals surface area contributed by atoms with E-state index in [1.54, 1.807) is 18.6 Å². The van der Waals surface area contributed by atoms with Gasteiger partial charge in [-0.1, -0.05) is 12.2 Å². The molecule has 0 saturated heterocycles. The Bertz CT molecular complexity index is 932. The van der Waals surface area contributed by atoms with Gasteiger partial charge in [-0.15, -0.1) is 11.3 Å². The minimum atomic E-state index is 0.641. The number of rotatable bonds is 4. The van der Waals surface area contributed by atoms with Crippen LogP contribution in [-0.2, 0) is 12.8 Å². The van der Waals surface area contributed by atoms with E-state index in [2.05, 4.69) is 28.5 Å². The number of thiophene rings is 1. The van der Waals surface area contributed by atoms with Crippen molar-refractivity contribution in [3.05, 3.63) is 41.2 Å². The number of hydrogen-bond acceptors (Lipinski definition) is 6. The first-order chi connectivity index (χ1) is 12.1. The predicted molar refractivity (Wildman–Crippen MR) is 103 cm³/mol. The average Bonchev–Trinajstić information content (AvgIpc) is 2.99. The van der Waals surface area contributed by atoms with Crippen molar-refractivity contribution in [2.45, 2.75) is 32.6 Å². The van der Waals surface area contributed by atoms with Gasteiger partial charge in [-0.2, -0.15) is 0 Å². The summed E-state index contributed by atoms with van der Waals surface area (Å²) in [4.78, 5) is 23.0. The van der Waals surface area contributed by atoms with E-state index in [1.165, 1.54) is 28.7 Å². The van der Waals surface area contributed by atoms with Crippen molar-refractivity contribution < 1.29 is 0 Å². The molecule has 0 aliphatic heterocycles. The molecular formula is C19H21N5S. The molecule has 6 heteroatoms. The standard InChI is InChI=1S/C19H21N5S/c1-12(2)11-24(3)18-16-13-6-4-5-7-15(13)25-19(16)23-17(22-18)14-10-20-8-9-21-14/h8-10H,1,4-7,11H2,2-3H3. The van der Waals surface area contributed by atoms with Crippen LogP contribution < -0.4 is 4.90 Å². The molecule has 0 amide bonds. The van der Waals surface area contributed by atoms with Gasteiger partial charge in [-0.05, 0) is 38.2 Å². The summed E-state index contributed by atoms with van der Waals surface area (Å²) in [5, 5.41) is 1.22. The highest BCUT2D eigenvalue weighted by Crippen LogP contribution is 2.40. The van der Waals surface area contributed by atoms with E-state index < -0.39 is 0 Å². The fourth-order valence-corrected chi connectivity index (χ4v) is 4.68. The van der Waals surface area contributed by atoms with E-state index in [9.17, 15) is 0 Å². The van der Waals surface area contributed by atoms with Gasteiger partial charge in [0, 0.05) is 30.9 Å². The van der Waals surface area contributed by atoms with Gasteiger partial charge in [-0.25, -0.2) is 15.0 Å². The molecule has 0 radical (unpaired) electrons. The average molecular weight is 351 g/mol. The number of aromatic nitrogens is 4. The third-order valence-electron chi connectivity index (χ3n) is 4.46. The van der Waals surface area contributed by atoms with Crippen LogP contribution in [0.25, 0.3) is 21.7 Å². The van der Waals surface area contributed by atoms with Crippen molar-refractivity contribution in [2.24, 2.45) is 0 Å². The predicted octanol–water partition coefficient (Wildman–Crippen LogP) is 4.04. The molecule has 0 N–H and O–H groups in total. The highest BCUT2D eigenvalue weighted by Gasteiger charge is 2.23. The van der Waals surface area contributed by atoms with Gasteiger partial charge < -0.3 is 4.90 Å². The van der Waals surface area contributed by atoms with Crippen molar-refractivity contribution in [3.63, 3.8) is 0 Å². The van der Waals surface area contributed by atoms with Crippen LogP contribution in [0.4, 0.5) is 5.82 Å². The van der Waals surface area contributed by atoms with E-state index >= 15 is 0 Å². The number of aryl methyl sites for hydroxylation is 2. The first-order valence-corrected chi connectivity index (χ1v) is 9.39. The van der Waals surface area contributed by atoms with Gasteiger partial charge in [0.25, 0.3) is 0 Å². The van der Waals surface area contributed by atoms with Crippen LogP contribution in [0.3, 0.4) is 0 Å². The van der Waals surface area contributed by atoms with E-state index in [0.29, 0.717) is 11.5 Å². The van der Waals surface area contributed by atoms with Crippen LogP contribution in [0.5, 0.6) is 0 Å². The molecule has 0 saturated carbocycles. The van der Waals surface area contributed by atoms with Crippen molar-refractivity contribution in [1.82, 2.24) is 19.9 Å². The van der Waals surface area contributed by atoms with Crippen LogP contribution in [0.2, 0.25) is 0 Å². The Morgan fingerprint density at radius 1 is 1.24 bits per heavy atom. The number of anilines is 1. The van der Waals surface area contributed by atoms with Crippen molar-refractivity contribution in [1.29, 1.82) is 0 Å². The number of likely N-dealkylation sites (N-methyl/N-ethyl adjacent to an activating group) is 1. The van der Waals surface area contributed by atoms with E-state index in [1.807, 2.05) is 18.3 Å². The van der Waals surface area contributed by atoms with Crippen LogP contribution in [0.15, 0.2) is 30.7 Å². The summed E-state index contributed by atoms with van der Waals surface area (Å²) in [7, 11) is 2.07. The molecule has 0 aromatic carbocycles. The van der Waals surface area contributed by atoms with Crippen molar-refractivity contribution in [2.75, 3.05) is 18.5 Å². The maximum absolute atomic E-state index is 4.88. The maximum atomic E-state index is 4.88. The zero-order chi connectivity index (χ0) is 17.4. The normalized spacial score (nSPS) is 13.7. The zero-order valence-electron chi connectivity index (χ0n) is 14.6. The summed E-state index contributed by atoms with van der Waals surface area (Å²) < 4.78 is 0. The lowest BCUT2D eigenvalue weighted by Crippen LogP contribution is -2.21. The molecule has 1 aliphatic rings. The smallest absolute Gasteiger partial charge is 0.183 e. The molecule has 5 nitrogen and oxygen atoms in total. The fraction of sp³-hybridized carbons (Fsp3) is 0.368. The molecule has 0 atom stereocenters. The Morgan fingerprint density at radius 3 is 2.84 bits per heavy atom. The van der Waals surface area contributed by atoms with E-state index in [0.717, 1.165) is 35.6 Å². The quantitative estimate of drug-likeness (QED) is 0.664. The van der Waals surface area contributed by atoms with E-state index in [-0.39, 0.29) is 0 Å². The Balaban J connectivity index is 1.94. The Labute approximate surface area is 151 Å². The Hall–Kier alpha value is -2.34. The highest BCUT2D eigenvalue weighted by atomic mass is 32.1. The molecule has 0 unspecified atom stereocenters. The fourth-order valence-electron chi connectivity index (χ4n) is 3.42. The summed E-state index contributed by atoms with van der Waals surface area (Å²) in [5.41, 5.74) is 3.26. The zero-order valence-corrected chi connectivity index (χ0v) is 15.4. The number of fused-ring (bicyclic) bond motifs is 3. The first kappa shape index (κ1) is 16.1. The van der Waals surface area contributed by atoms with Gasteiger partial charge in [0.15, 0.2) is 5.82 Å². The SMILES string of the molecule is C=C(C)CN(C)c1nc(-c2cnccn2)nc2sc3c(c12)CCCC3. The molecule has 1 aliphatic carbocycles. The molecule has 0 spiro atoms. The number of hydrogen-bond donors (Lipinski definition) is 0. The largest absolute Gasteiger partial charge is 0.355 e. The molecule has 128 valence electrons. The molecule has 0 fully saturated rings. The molecule has 3 aromatic heterocycles. The van der Waals surface area contributed by atoms with Gasteiger partial charge in [-0.3, -0.25) is 4.98 Å². The minimum absolute atomic E-state index is 0.641. The molecule has 3 heterocycles. The summed E-state index contributed by atoms with van der Waals surface area (Å²) in [6.45, 7) is 6.87. The Kier molecular flexibility index (Phi) is 4.21. The topological polar surface area (TPSA) is 54.8 Å². The van der Waals surface area contributed by atoms with Gasteiger partial charge in [0.1, 0.15) is 16.3 Å². The third-order valence-corrected chi connectivity index (χ3v) is 5.64. The number of nitrogens with zero attached hydrogens (tertiary/aromatic N) is 5. The second-order valence-electron chi connectivity index (χ2n) is 6.67. The molecule has 0 bridgehead atoms. The lowest BCUT2D eigenvalue weighted by Gasteiger charge is -2.21. The van der Waals surface area contributed by atoms with Gasteiger partial charge in [0.2, 0.25) is 0 Å². The molecule has 4 rings (SSSR count). The molecule has 25 heavy (non-hydrogen) atoms. The summed E-state index contributed by atoms with van der Waals surface area (Å²) >= 11 is 1.81. The van der Waals surface area contributed by atoms with Crippen LogP contribution in [0.1, 0.15) is 30.2 Å². The second kappa shape index (κ2) is 6.52. The van der Waals surface area contributed by atoms with Crippen LogP contribution in [0, 0.1) is 0 Å². The Morgan fingerprint density at radius 2 is 2.08 bits per heavy atom. The van der Waals surface area contributed by atoms with Crippen molar-refractivity contribution in [3.8, 4) is 11.5 Å². The summed E-state index contributed by atoms with van der Waals surface area (Å²) in [6.07, 6.45) is 9.85. The lowest BCUT2D eigenvalue weighted by atomic mass is 9.97. The first-order valence-electron chi connectivity index (χ1n) is 8.57. The van der Waals surface area contributed by atoms with Crippen LogP contribution in [-0.4, -0.2) is 33.5 Å². The van der Waals surface area contributed by atoms with Gasteiger partial charge in [0.05, 0.1) is 11.6 Å². The third kappa shape index (κ3) is 3.02. The van der Waals surface area contributed by atoms with Crippen LogP contribution >= 0.6 is 11.3 Å². The summed E-state index contributed by atoms with van der Waals surface area (Å²) in [6, 6.07) is 0. The highest BCUT2D eigenvalue weighted by molar-refractivity contribution is 7.19. The minimum Gasteiger partial charge on any atom is -0.355 e. The summed E-state index contributed by atoms with van der Waals surface area (Å²) in [5.74, 6) is 1.62. The second-order valence-corrected chi connectivity index (χ2v) is 7.75.